The van der Waals surface area contributed by atoms with Gasteiger partial charge in [0.15, 0.2) is 0 Å². The molecule has 4 nitrogen and oxygen atoms in total. The Bertz CT molecular complexity index is 1060. The molecule has 0 spiro atoms. The number of likely N-dealkylation sites (tertiary alicyclic amines) is 1. The number of aromatic nitrogens is 1. The van der Waals surface area contributed by atoms with Gasteiger partial charge in [-0.15, -0.1) is 0 Å². The van der Waals surface area contributed by atoms with E-state index in [1.165, 1.54) is 11.1 Å². The summed E-state index contributed by atoms with van der Waals surface area (Å²) in [7, 11) is 1.95. The van der Waals surface area contributed by atoms with Crippen molar-refractivity contribution in [3.05, 3.63) is 99.3 Å². The molecule has 1 aliphatic heterocycles. The summed E-state index contributed by atoms with van der Waals surface area (Å²) in [4.78, 5) is 22.9. The Morgan fingerprint density at radius 3 is 2.38 bits per heavy atom. The fraction of sp³-hybridized carbons (Fsp3) is 0.379. The van der Waals surface area contributed by atoms with Crippen LogP contribution in [0.2, 0.25) is 0 Å². The van der Waals surface area contributed by atoms with Gasteiger partial charge < -0.3 is 9.80 Å². The zero-order valence-electron chi connectivity index (χ0n) is 20.4. The largest absolute Gasteiger partial charge is 0.333 e. The topological polar surface area (TPSA) is 36.4 Å². The Balaban J connectivity index is 1.43. The first kappa shape index (κ1) is 24.6. The van der Waals surface area contributed by atoms with E-state index in [0.29, 0.717) is 0 Å². The number of halogens is 1. The van der Waals surface area contributed by atoms with E-state index >= 15 is 0 Å². The Hall–Kier alpha value is -2.50. The third-order valence-electron chi connectivity index (χ3n) is 7.09. The fourth-order valence-electron chi connectivity index (χ4n) is 4.97. The molecule has 3 aromatic rings. The van der Waals surface area contributed by atoms with E-state index in [1.54, 1.807) is 0 Å². The number of hydrogen-bond acceptors (Lipinski definition) is 3. The second-order valence-electron chi connectivity index (χ2n) is 9.41. The van der Waals surface area contributed by atoms with Crippen molar-refractivity contribution in [1.82, 2.24) is 14.8 Å². The zero-order chi connectivity index (χ0) is 24.1. The molecule has 178 valence electrons. The molecular formula is C29H34BrN3O. The first-order chi connectivity index (χ1) is 16.4. The summed E-state index contributed by atoms with van der Waals surface area (Å²) >= 11 is 3.50. The van der Waals surface area contributed by atoms with Crippen LogP contribution in [0.5, 0.6) is 0 Å². The number of amides is 1. The molecule has 2 heterocycles. The van der Waals surface area contributed by atoms with Crippen LogP contribution < -0.4 is 0 Å². The van der Waals surface area contributed by atoms with E-state index in [4.69, 9.17) is 4.98 Å². The van der Waals surface area contributed by atoms with Gasteiger partial charge in [-0.25, -0.2) is 0 Å². The molecular weight excluding hydrogens is 486 g/mol. The van der Waals surface area contributed by atoms with Crippen LogP contribution in [0.1, 0.15) is 46.8 Å². The molecule has 5 heteroatoms. The van der Waals surface area contributed by atoms with Crippen molar-refractivity contribution in [3.63, 3.8) is 0 Å². The number of rotatable bonds is 7. The minimum Gasteiger partial charge on any atom is -0.333 e. The smallest absolute Gasteiger partial charge is 0.226 e. The lowest BCUT2D eigenvalue weighted by Gasteiger charge is -2.36. The Kier molecular flexibility index (Phi) is 8.17. The molecule has 1 saturated heterocycles. The molecule has 0 N–H and O–H groups in total. The molecule has 4 rings (SSSR count). The van der Waals surface area contributed by atoms with Gasteiger partial charge in [0.25, 0.3) is 0 Å². The molecule has 0 radical (unpaired) electrons. The van der Waals surface area contributed by atoms with Gasteiger partial charge in [-0.3, -0.25) is 9.78 Å². The first-order valence-corrected chi connectivity index (χ1v) is 12.9. The highest BCUT2D eigenvalue weighted by Crippen LogP contribution is 2.33. The molecule has 1 aromatic heterocycles. The van der Waals surface area contributed by atoms with Crippen molar-refractivity contribution in [2.24, 2.45) is 5.92 Å². The highest BCUT2D eigenvalue weighted by Gasteiger charge is 2.33. The van der Waals surface area contributed by atoms with Crippen LogP contribution in [-0.2, 0) is 11.2 Å². The van der Waals surface area contributed by atoms with Crippen molar-refractivity contribution in [2.75, 3.05) is 26.7 Å². The third kappa shape index (κ3) is 5.76. The van der Waals surface area contributed by atoms with Crippen LogP contribution in [0.4, 0.5) is 0 Å². The predicted molar refractivity (Wildman–Crippen MR) is 142 cm³/mol. The number of carbonyl (C=O) groups is 1. The van der Waals surface area contributed by atoms with Crippen LogP contribution in [0.25, 0.3) is 0 Å². The van der Waals surface area contributed by atoms with E-state index in [2.05, 4.69) is 83.2 Å². The summed E-state index contributed by atoms with van der Waals surface area (Å²) in [6.45, 7) is 7.17. The van der Waals surface area contributed by atoms with Crippen LogP contribution >= 0.6 is 15.9 Å². The summed E-state index contributed by atoms with van der Waals surface area (Å²) in [5.74, 6) is 0.287. The number of hydrogen-bond donors (Lipinski definition) is 0. The normalized spacial score (nSPS) is 15.8. The molecule has 1 aliphatic rings. The van der Waals surface area contributed by atoms with E-state index in [0.717, 1.165) is 60.2 Å². The van der Waals surface area contributed by atoms with Crippen molar-refractivity contribution in [1.29, 1.82) is 0 Å². The lowest BCUT2D eigenvalue weighted by Crippen LogP contribution is -2.43. The van der Waals surface area contributed by atoms with Gasteiger partial charge in [-0.2, -0.15) is 0 Å². The monoisotopic (exact) mass is 519 g/mol. The number of piperidine rings is 1. The zero-order valence-corrected chi connectivity index (χ0v) is 22.0. The van der Waals surface area contributed by atoms with Gasteiger partial charge in [-0.05, 0) is 86.7 Å². The predicted octanol–water partition coefficient (Wildman–Crippen LogP) is 5.96. The van der Waals surface area contributed by atoms with Crippen molar-refractivity contribution < 1.29 is 4.79 Å². The van der Waals surface area contributed by atoms with Crippen molar-refractivity contribution in [3.8, 4) is 0 Å². The number of nitrogens with zero attached hydrogens (tertiary/aromatic N) is 3. The molecule has 34 heavy (non-hydrogen) atoms. The van der Waals surface area contributed by atoms with Gasteiger partial charge in [0.05, 0.1) is 11.7 Å². The highest BCUT2D eigenvalue weighted by atomic mass is 79.9. The van der Waals surface area contributed by atoms with Gasteiger partial charge in [0.1, 0.15) is 0 Å². The van der Waals surface area contributed by atoms with Gasteiger partial charge in [0.2, 0.25) is 5.91 Å². The second-order valence-corrected chi connectivity index (χ2v) is 10.3. The highest BCUT2D eigenvalue weighted by molar-refractivity contribution is 9.10. The minimum atomic E-state index is -0.176. The molecule has 0 aliphatic carbocycles. The van der Waals surface area contributed by atoms with Crippen LogP contribution in [-0.4, -0.2) is 47.4 Å². The molecule has 0 bridgehead atoms. The van der Waals surface area contributed by atoms with E-state index in [-0.39, 0.29) is 17.9 Å². The van der Waals surface area contributed by atoms with Gasteiger partial charge in [0, 0.05) is 30.2 Å². The van der Waals surface area contributed by atoms with Crippen molar-refractivity contribution >= 4 is 21.8 Å². The maximum Gasteiger partial charge on any atom is 0.226 e. The molecule has 1 atom stereocenters. The van der Waals surface area contributed by atoms with E-state index in [9.17, 15) is 4.79 Å². The lowest BCUT2D eigenvalue weighted by molar-refractivity contribution is -0.137. The quantitative estimate of drug-likeness (QED) is 0.386. The molecule has 1 fully saturated rings. The number of benzene rings is 2. The third-order valence-corrected chi connectivity index (χ3v) is 7.62. The Morgan fingerprint density at radius 2 is 1.71 bits per heavy atom. The molecule has 2 aromatic carbocycles. The average molecular weight is 521 g/mol. The van der Waals surface area contributed by atoms with Crippen LogP contribution in [0, 0.1) is 19.8 Å². The van der Waals surface area contributed by atoms with Crippen molar-refractivity contribution in [2.45, 2.75) is 39.2 Å². The van der Waals surface area contributed by atoms with Crippen LogP contribution in [0.3, 0.4) is 0 Å². The molecule has 1 amide bonds. The summed E-state index contributed by atoms with van der Waals surface area (Å²) < 4.78 is 1.12. The summed E-state index contributed by atoms with van der Waals surface area (Å²) in [6, 6.07) is 20.8. The standard InChI is InChI=1S/C29H34BrN3O/c1-21-7-4-5-9-26(21)28(27-22(2)8-6-17-31-27)32(3)29(34)24-15-19-33(20-16-24)18-14-23-10-12-25(30)13-11-23/h4-13,17,24,28H,14-16,18-20H2,1-3H3. The summed E-state index contributed by atoms with van der Waals surface area (Å²) in [6.07, 6.45) is 4.69. The van der Waals surface area contributed by atoms with Gasteiger partial charge in [-0.1, -0.05) is 58.4 Å². The first-order valence-electron chi connectivity index (χ1n) is 12.1. The summed E-state index contributed by atoms with van der Waals surface area (Å²) in [5.41, 5.74) is 5.75. The second kappa shape index (κ2) is 11.3. The Labute approximate surface area is 212 Å². The fourth-order valence-corrected chi connectivity index (χ4v) is 5.24. The maximum atomic E-state index is 13.7. The SMILES string of the molecule is Cc1ccccc1C(c1ncccc1C)N(C)C(=O)C1CCN(CCc2ccc(Br)cc2)CC1. The number of pyridine rings is 1. The molecule has 0 saturated carbocycles. The summed E-state index contributed by atoms with van der Waals surface area (Å²) in [5, 5.41) is 0. The average Bonchev–Trinajstić information content (AvgIpc) is 2.86. The van der Waals surface area contributed by atoms with Crippen LogP contribution in [0.15, 0.2) is 71.3 Å². The molecule has 1 unspecified atom stereocenters. The number of aryl methyl sites for hydroxylation is 2. The van der Waals surface area contributed by atoms with E-state index < -0.39 is 0 Å². The lowest BCUT2D eigenvalue weighted by atomic mass is 9.91. The Morgan fingerprint density at radius 1 is 1.03 bits per heavy atom. The maximum absolute atomic E-state index is 13.7. The minimum absolute atomic E-state index is 0.0597. The van der Waals surface area contributed by atoms with Gasteiger partial charge >= 0.3 is 0 Å². The number of carbonyl (C=O) groups excluding carboxylic acids is 1. The van der Waals surface area contributed by atoms with E-state index in [1.807, 2.05) is 30.3 Å².